The summed E-state index contributed by atoms with van der Waals surface area (Å²) in [7, 11) is 1.99. The topological polar surface area (TPSA) is 42.1 Å². The first-order valence-corrected chi connectivity index (χ1v) is 5.33. The number of thiocarbonyl (C=S) groups is 1. The number of nitrogens with zero attached hydrogens (tertiary/aromatic N) is 2. The molecule has 2 N–H and O–H groups in total. The molecule has 5 heteroatoms. The lowest BCUT2D eigenvalue weighted by Gasteiger charge is -2.22. The minimum absolute atomic E-state index is 0.122. The molecule has 0 radical (unpaired) electrons. The van der Waals surface area contributed by atoms with Crippen LogP contribution in [-0.4, -0.2) is 28.0 Å². The van der Waals surface area contributed by atoms with E-state index in [2.05, 4.69) is 9.88 Å². The van der Waals surface area contributed by atoms with Crippen LogP contribution in [0.15, 0.2) is 10.9 Å². The molecule has 0 aromatic carbocycles. The van der Waals surface area contributed by atoms with Gasteiger partial charge >= 0.3 is 0 Å². The van der Waals surface area contributed by atoms with Crippen LogP contribution in [0, 0.1) is 0 Å². The van der Waals surface area contributed by atoms with Gasteiger partial charge in [-0.25, -0.2) is 4.98 Å². The van der Waals surface area contributed by atoms with Crippen molar-refractivity contribution in [2.45, 2.75) is 19.5 Å². The quantitative estimate of drug-likeness (QED) is 0.768. The van der Waals surface area contributed by atoms with Gasteiger partial charge in [0.05, 0.1) is 22.2 Å². The fourth-order valence-electron chi connectivity index (χ4n) is 0.925. The summed E-state index contributed by atoms with van der Waals surface area (Å²) in [4.78, 5) is 6.80. The van der Waals surface area contributed by atoms with Crippen molar-refractivity contribution in [2.24, 2.45) is 5.73 Å². The lowest BCUT2D eigenvalue weighted by Crippen LogP contribution is -2.38. The van der Waals surface area contributed by atoms with Gasteiger partial charge in [-0.05, 0) is 14.0 Å². The molecule has 0 aliphatic heterocycles. The van der Waals surface area contributed by atoms with E-state index in [9.17, 15) is 0 Å². The van der Waals surface area contributed by atoms with Gasteiger partial charge in [0.1, 0.15) is 0 Å². The van der Waals surface area contributed by atoms with Gasteiger partial charge < -0.3 is 5.73 Å². The highest BCUT2D eigenvalue weighted by Crippen LogP contribution is 2.06. The molecule has 1 atom stereocenters. The van der Waals surface area contributed by atoms with Crippen molar-refractivity contribution in [3.8, 4) is 0 Å². The molecular formula is C8H13N3S2. The molecule has 0 amide bonds. The molecule has 1 aromatic heterocycles. The van der Waals surface area contributed by atoms with E-state index >= 15 is 0 Å². The van der Waals surface area contributed by atoms with Gasteiger partial charge in [-0.3, -0.25) is 4.90 Å². The third-order valence-electron chi connectivity index (χ3n) is 1.97. The summed E-state index contributed by atoms with van der Waals surface area (Å²) >= 11 is 6.51. The van der Waals surface area contributed by atoms with E-state index in [4.69, 9.17) is 18.0 Å². The molecule has 0 saturated carbocycles. The second-order valence-electron chi connectivity index (χ2n) is 2.97. The molecular weight excluding hydrogens is 202 g/mol. The Bertz CT molecular complexity index is 271. The largest absolute Gasteiger partial charge is 0.392 e. The van der Waals surface area contributed by atoms with Gasteiger partial charge in [-0.1, -0.05) is 12.2 Å². The summed E-state index contributed by atoms with van der Waals surface area (Å²) in [5.74, 6) is 0. The first-order chi connectivity index (χ1) is 6.11. The molecule has 0 aliphatic carbocycles. The second kappa shape index (κ2) is 4.64. The zero-order valence-electron chi connectivity index (χ0n) is 7.73. The zero-order chi connectivity index (χ0) is 9.84. The lowest BCUT2D eigenvalue weighted by molar-refractivity contribution is 0.301. The monoisotopic (exact) mass is 215 g/mol. The number of likely N-dealkylation sites (N-methyl/N-ethyl adjacent to an activating group) is 1. The van der Waals surface area contributed by atoms with E-state index in [0.29, 0.717) is 4.99 Å². The molecule has 1 rings (SSSR count). The summed E-state index contributed by atoms with van der Waals surface area (Å²) < 4.78 is 0. The van der Waals surface area contributed by atoms with Gasteiger partial charge in [0.2, 0.25) is 0 Å². The average molecular weight is 215 g/mol. The van der Waals surface area contributed by atoms with Crippen LogP contribution in [0.4, 0.5) is 0 Å². The first-order valence-electron chi connectivity index (χ1n) is 3.98. The summed E-state index contributed by atoms with van der Waals surface area (Å²) in [6.07, 6.45) is 0. The summed E-state index contributed by atoms with van der Waals surface area (Å²) in [5.41, 5.74) is 8.43. The number of hydrogen-bond acceptors (Lipinski definition) is 4. The van der Waals surface area contributed by atoms with Crippen LogP contribution in [0.1, 0.15) is 12.6 Å². The molecule has 1 aromatic rings. The highest BCUT2D eigenvalue weighted by Gasteiger charge is 2.12. The van der Waals surface area contributed by atoms with Crippen molar-refractivity contribution in [1.29, 1.82) is 0 Å². The van der Waals surface area contributed by atoms with Gasteiger partial charge in [0.25, 0.3) is 0 Å². The molecule has 72 valence electrons. The number of aromatic nitrogens is 1. The Labute approximate surface area is 87.6 Å². The molecule has 0 fully saturated rings. The van der Waals surface area contributed by atoms with Crippen LogP contribution >= 0.6 is 23.6 Å². The third-order valence-corrected chi connectivity index (χ3v) is 2.94. The molecule has 3 nitrogen and oxygen atoms in total. The second-order valence-corrected chi connectivity index (χ2v) is 4.16. The van der Waals surface area contributed by atoms with E-state index < -0.39 is 0 Å². The standard InChI is InChI=1S/C8H13N3S2/c1-6(8(9)12)11(2)3-7-4-13-5-10-7/h4-6H,3H2,1-2H3,(H2,9,12). The minimum Gasteiger partial charge on any atom is -0.392 e. The zero-order valence-corrected chi connectivity index (χ0v) is 9.36. The van der Waals surface area contributed by atoms with E-state index in [1.54, 1.807) is 11.3 Å². The highest BCUT2D eigenvalue weighted by molar-refractivity contribution is 7.80. The van der Waals surface area contributed by atoms with E-state index in [1.807, 2.05) is 24.9 Å². The molecule has 0 saturated heterocycles. The summed E-state index contributed by atoms with van der Waals surface area (Å²) in [6, 6.07) is 0.122. The molecule has 0 bridgehead atoms. The minimum atomic E-state index is 0.122. The Balaban J connectivity index is 2.50. The normalized spacial score (nSPS) is 13.2. The maximum Gasteiger partial charge on any atom is 0.0899 e. The SMILES string of the molecule is CC(C(N)=S)N(C)Cc1cscn1. The Morgan fingerprint density at radius 3 is 3.00 bits per heavy atom. The van der Waals surface area contributed by atoms with Crippen LogP contribution in [0.2, 0.25) is 0 Å². The van der Waals surface area contributed by atoms with Crippen LogP contribution < -0.4 is 5.73 Å². The number of nitrogens with two attached hydrogens (primary N) is 1. The maximum atomic E-state index is 5.54. The third kappa shape index (κ3) is 3.02. The number of thiazole rings is 1. The fourth-order valence-corrected chi connectivity index (χ4v) is 1.65. The van der Waals surface area contributed by atoms with Gasteiger partial charge in [-0.2, -0.15) is 0 Å². The molecule has 1 heterocycles. The smallest absolute Gasteiger partial charge is 0.0899 e. The maximum absolute atomic E-state index is 5.54. The Kier molecular flexibility index (Phi) is 3.77. The molecule has 13 heavy (non-hydrogen) atoms. The predicted octanol–water partition coefficient (Wildman–Crippen LogP) is 1.25. The van der Waals surface area contributed by atoms with Crippen molar-refractivity contribution >= 4 is 28.5 Å². The molecule has 0 aliphatic rings. The summed E-state index contributed by atoms with van der Waals surface area (Å²) in [5, 5.41) is 2.03. The van der Waals surface area contributed by atoms with Crippen LogP contribution in [0.3, 0.4) is 0 Å². The van der Waals surface area contributed by atoms with Crippen LogP contribution in [0.25, 0.3) is 0 Å². The van der Waals surface area contributed by atoms with E-state index in [0.717, 1.165) is 12.2 Å². The highest BCUT2D eigenvalue weighted by atomic mass is 32.1. The van der Waals surface area contributed by atoms with Crippen LogP contribution in [0.5, 0.6) is 0 Å². The van der Waals surface area contributed by atoms with Gasteiger partial charge in [0, 0.05) is 11.9 Å². The molecule has 0 spiro atoms. The van der Waals surface area contributed by atoms with Crippen molar-refractivity contribution in [3.63, 3.8) is 0 Å². The summed E-state index contributed by atoms with van der Waals surface area (Å²) in [6.45, 7) is 2.79. The van der Waals surface area contributed by atoms with Crippen molar-refractivity contribution < 1.29 is 0 Å². The van der Waals surface area contributed by atoms with Gasteiger partial charge in [0.15, 0.2) is 0 Å². The van der Waals surface area contributed by atoms with Gasteiger partial charge in [-0.15, -0.1) is 11.3 Å². The lowest BCUT2D eigenvalue weighted by atomic mass is 10.3. The Morgan fingerprint density at radius 2 is 2.54 bits per heavy atom. The van der Waals surface area contributed by atoms with Crippen LogP contribution in [-0.2, 0) is 6.54 Å². The van der Waals surface area contributed by atoms with Crippen molar-refractivity contribution in [3.05, 3.63) is 16.6 Å². The Hall–Kier alpha value is -0.520. The average Bonchev–Trinajstić information content (AvgIpc) is 2.55. The predicted molar refractivity (Wildman–Crippen MR) is 59.8 cm³/mol. The van der Waals surface area contributed by atoms with E-state index in [-0.39, 0.29) is 6.04 Å². The fraction of sp³-hybridized carbons (Fsp3) is 0.500. The molecule has 1 unspecified atom stereocenters. The number of hydrogen-bond donors (Lipinski definition) is 1. The first kappa shape index (κ1) is 10.6. The number of rotatable bonds is 4. The van der Waals surface area contributed by atoms with E-state index in [1.165, 1.54) is 0 Å². The Morgan fingerprint density at radius 1 is 1.85 bits per heavy atom. The van der Waals surface area contributed by atoms with Crippen molar-refractivity contribution in [2.75, 3.05) is 7.05 Å². The van der Waals surface area contributed by atoms with Crippen molar-refractivity contribution in [1.82, 2.24) is 9.88 Å².